The average molecular weight is 323 g/mol. The van der Waals surface area contributed by atoms with Gasteiger partial charge in [0.25, 0.3) is 0 Å². The number of nitrogens with zero attached hydrogens (tertiary/aromatic N) is 1. The molecule has 20 heavy (non-hydrogen) atoms. The number of hydrogen-bond donors (Lipinski definition) is 3. The van der Waals surface area contributed by atoms with Crippen molar-refractivity contribution in [2.24, 2.45) is 0 Å². The van der Waals surface area contributed by atoms with Crippen LogP contribution < -0.4 is 10.6 Å². The standard InChI is InChI=1S/C11H22N3O4PS/c1-5-17-19(16,18-6-2)7-13-10(15)9-8(3)14-11(12-4)20-9/h16,19H,5-7H2,1-4H3,(H,12,14)(H,13,15). The molecular formula is C11H22N3O4PS. The summed E-state index contributed by atoms with van der Waals surface area (Å²) in [6, 6.07) is 0. The second-order valence-corrected chi connectivity index (χ2v) is 7.30. The molecule has 1 heterocycles. The van der Waals surface area contributed by atoms with Gasteiger partial charge in [-0.05, 0) is 0 Å². The molecule has 1 aromatic rings. The predicted octanol–water partition coefficient (Wildman–Crippen LogP) is 1.74. The molecule has 0 radical (unpaired) electrons. The van der Waals surface area contributed by atoms with Gasteiger partial charge in [0.05, 0.1) is 0 Å². The Bertz CT molecular complexity index is 449. The second kappa shape index (κ2) is 7.85. The van der Waals surface area contributed by atoms with E-state index in [4.69, 9.17) is 9.05 Å². The second-order valence-electron chi connectivity index (χ2n) is 3.94. The van der Waals surface area contributed by atoms with E-state index in [0.717, 1.165) is 0 Å². The van der Waals surface area contributed by atoms with Crippen LogP contribution in [0.4, 0.5) is 5.13 Å². The number of carbonyl (C=O) groups is 1. The molecule has 0 bridgehead atoms. The van der Waals surface area contributed by atoms with Crippen LogP contribution >= 0.6 is 19.3 Å². The van der Waals surface area contributed by atoms with Crippen LogP contribution in [-0.2, 0) is 9.05 Å². The summed E-state index contributed by atoms with van der Waals surface area (Å²) in [5.74, 6) is -0.285. The summed E-state index contributed by atoms with van der Waals surface area (Å²) in [7, 11) is -1.58. The molecule has 0 unspecified atom stereocenters. The molecular weight excluding hydrogens is 301 g/mol. The summed E-state index contributed by atoms with van der Waals surface area (Å²) >= 11 is 1.26. The summed E-state index contributed by atoms with van der Waals surface area (Å²) in [4.78, 5) is 27.0. The van der Waals surface area contributed by atoms with Gasteiger partial charge in [-0.1, -0.05) is 0 Å². The Labute approximate surface area is 123 Å². The summed E-state index contributed by atoms with van der Waals surface area (Å²) in [6.07, 6.45) is -0.0141. The molecule has 0 aliphatic carbocycles. The van der Waals surface area contributed by atoms with Crippen molar-refractivity contribution in [3.63, 3.8) is 0 Å². The Morgan fingerprint density at radius 3 is 2.45 bits per heavy atom. The molecule has 0 atom stereocenters. The van der Waals surface area contributed by atoms with Gasteiger partial charge in [0.1, 0.15) is 0 Å². The number of thiazole rings is 1. The minimum atomic E-state index is -3.33. The molecule has 0 aliphatic heterocycles. The van der Waals surface area contributed by atoms with Gasteiger partial charge in [0.2, 0.25) is 0 Å². The first-order valence-electron chi connectivity index (χ1n) is 6.39. The van der Waals surface area contributed by atoms with Crippen LogP contribution in [0.2, 0.25) is 0 Å². The van der Waals surface area contributed by atoms with Crippen molar-refractivity contribution < 1.29 is 18.7 Å². The fourth-order valence-electron chi connectivity index (χ4n) is 1.58. The fourth-order valence-corrected chi connectivity index (χ4v) is 3.99. The Hall–Kier alpha value is -0.790. The molecule has 0 aliphatic rings. The Balaban J connectivity index is 2.67. The number of hydrogen-bond acceptors (Lipinski definition) is 7. The number of amides is 1. The van der Waals surface area contributed by atoms with E-state index < -0.39 is 7.94 Å². The van der Waals surface area contributed by atoms with E-state index in [1.54, 1.807) is 27.8 Å². The zero-order valence-corrected chi connectivity index (χ0v) is 14.0. The van der Waals surface area contributed by atoms with E-state index in [9.17, 15) is 9.69 Å². The topological polar surface area (TPSA) is 92.7 Å². The number of aromatic nitrogens is 1. The molecule has 1 aromatic heterocycles. The first-order chi connectivity index (χ1) is 9.45. The molecule has 7 nitrogen and oxygen atoms in total. The molecule has 116 valence electrons. The number of rotatable bonds is 8. The van der Waals surface area contributed by atoms with E-state index in [2.05, 4.69) is 15.6 Å². The van der Waals surface area contributed by atoms with Gasteiger partial charge < -0.3 is 0 Å². The molecule has 0 aromatic carbocycles. The Kier molecular flexibility index (Phi) is 6.78. The molecule has 0 saturated carbocycles. The van der Waals surface area contributed by atoms with Crippen molar-refractivity contribution in [2.45, 2.75) is 20.8 Å². The number of carbonyl (C=O) groups excluding carboxylic acids is 1. The van der Waals surface area contributed by atoms with Crippen LogP contribution in [0, 0.1) is 6.92 Å². The number of anilines is 1. The van der Waals surface area contributed by atoms with E-state index in [1.807, 2.05) is 0 Å². The van der Waals surface area contributed by atoms with E-state index in [0.29, 0.717) is 28.9 Å². The molecule has 1 rings (SSSR count). The SMILES string of the molecule is CCO[PH](O)(CNC(=O)c1sc(NC)nc1C)OCC. The third-order valence-electron chi connectivity index (χ3n) is 2.43. The summed E-state index contributed by atoms with van der Waals surface area (Å²) in [5, 5.41) is 6.22. The minimum absolute atomic E-state index is 0.0141. The Morgan fingerprint density at radius 2 is 2.00 bits per heavy atom. The zero-order valence-electron chi connectivity index (χ0n) is 12.1. The van der Waals surface area contributed by atoms with E-state index in [1.165, 1.54) is 11.3 Å². The van der Waals surface area contributed by atoms with Crippen molar-refractivity contribution in [3.05, 3.63) is 10.6 Å². The molecule has 3 N–H and O–H groups in total. The zero-order chi connectivity index (χ0) is 15.2. The summed E-state index contributed by atoms with van der Waals surface area (Å²) < 4.78 is 10.5. The third-order valence-corrected chi connectivity index (χ3v) is 5.71. The molecule has 9 heteroatoms. The van der Waals surface area contributed by atoms with Crippen molar-refractivity contribution >= 4 is 30.3 Å². The number of aryl methyl sites for hydroxylation is 1. The van der Waals surface area contributed by atoms with Crippen LogP contribution in [0.1, 0.15) is 29.2 Å². The van der Waals surface area contributed by atoms with Crippen LogP contribution in [0.25, 0.3) is 0 Å². The van der Waals surface area contributed by atoms with Crippen LogP contribution in [0.3, 0.4) is 0 Å². The van der Waals surface area contributed by atoms with Gasteiger partial charge in [-0.25, -0.2) is 0 Å². The van der Waals surface area contributed by atoms with Gasteiger partial charge in [0.15, 0.2) is 0 Å². The van der Waals surface area contributed by atoms with Crippen LogP contribution in [0.15, 0.2) is 0 Å². The van der Waals surface area contributed by atoms with E-state index in [-0.39, 0.29) is 12.2 Å². The van der Waals surface area contributed by atoms with E-state index >= 15 is 0 Å². The Morgan fingerprint density at radius 1 is 1.40 bits per heavy atom. The van der Waals surface area contributed by atoms with Gasteiger partial charge in [-0.2, -0.15) is 0 Å². The number of nitrogens with one attached hydrogen (secondary N) is 2. The summed E-state index contributed by atoms with van der Waals surface area (Å²) in [6.45, 7) is 5.97. The van der Waals surface area contributed by atoms with Crippen LogP contribution in [-0.4, -0.2) is 42.3 Å². The first kappa shape index (κ1) is 17.3. The van der Waals surface area contributed by atoms with Gasteiger partial charge >= 0.3 is 123 Å². The van der Waals surface area contributed by atoms with Gasteiger partial charge in [-0.3, -0.25) is 0 Å². The quantitative estimate of drug-likeness (QED) is 0.631. The maximum absolute atomic E-state index is 12.1. The normalized spacial score (nSPS) is 12.2. The summed E-state index contributed by atoms with van der Waals surface area (Å²) in [5.41, 5.74) is 0.648. The van der Waals surface area contributed by atoms with Gasteiger partial charge in [-0.15, -0.1) is 0 Å². The average Bonchev–Trinajstić information content (AvgIpc) is 2.78. The molecule has 1 amide bonds. The van der Waals surface area contributed by atoms with Crippen LogP contribution in [0.5, 0.6) is 0 Å². The van der Waals surface area contributed by atoms with Crippen molar-refractivity contribution in [2.75, 3.05) is 31.9 Å². The van der Waals surface area contributed by atoms with Crippen molar-refractivity contribution in [1.29, 1.82) is 0 Å². The van der Waals surface area contributed by atoms with Crippen molar-refractivity contribution in [1.82, 2.24) is 10.3 Å². The first-order valence-corrected chi connectivity index (χ1v) is 9.18. The van der Waals surface area contributed by atoms with Gasteiger partial charge in [0, 0.05) is 0 Å². The predicted molar refractivity (Wildman–Crippen MR) is 82.5 cm³/mol. The maximum atomic E-state index is 12.1. The monoisotopic (exact) mass is 323 g/mol. The third kappa shape index (κ3) is 4.64. The molecule has 0 fully saturated rings. The fraction of sp³-hybridized carbons (Fsp3) is 0.636. The molecule has 0 saturated heterocycles. The van der Waals surface area contributed by atoms with Crippen molar-refractivity contribution in [3.8, 4) is 0 Å². The molecule has 0 spiro atoms.